The normalized spacial score (nSPS) is 12.6. The summed E-state index contributed by atoms with van der Waals surface area (Å²) in [5, 5.41) is 12.2. The van der Waals surface area contributed by atoms with E-state index in [9.17, 15) is 19.5 Å². The number of ether oxygens (including phenoxy) is 2. The van der Waals surface area contributed by atoms with Crippen LogP contribution in [-0.2, 0) is 23.9 Å². The molecule has 0 aliphatic carbocycles. The molecule has 272 valence electrons. The van der Waals surface area contributed by atoms with Gasteiger partial charge in [0.1, 0.15) is 18.8 Å². The summed E-state index contributed by atoms with van der Waals surface area (Å²) >= 11 is 4.09. The highest BCUT2D eigenvalue weighted by atomic mass is 32.1. The predicted octanol–water partition coefficient (Wildman–Crippen LogP) is 10.4. The van der Waals surface area contributed by atoms with Gasteiger partial charge >= 0.3 is 17.9 Å². The van der Waals surface area contributed by atoms with Crippen LogP contribution in [-0.4, -0.2) is 54.1 Å². The van der Waals surface area contributed by atoms with E-state index in [0.717, 1.165) is 38.5 Å². The lowest BCUT2D eigenvalue weighted by molar-refractivity contribution is -0.159. The van der Waals surface area contributed by atoms with Crippen molar-refractivity contribution in [3.63, 3.8) is 0 Å². The number of rotatable bonds is 36. The van der Waals surface area contributed by atoms with E-state index in [0.29, 0.717) is 12.8 Å². The quantitative estimate of drug-likeness (QED) is 0.0346. The number of carbonyl (C=O) groups excluding carboxylic acids is 2. The molecule has 2 N–H and O–H groups in total. The summed E-state index contributed by atoms with van der Waals surface area (Å²) in [6, 6.07) is -0.868. The van der Waals surface area contributed by atoms with E-state index >= 15 is 0 Å². The van der Waals surface area contributed by atoms with Crippen molar-refractivity contribution in [3.05, 3.63) is 0 Å². The van der Waals surface area contributed by atoms with Gasteiger partial charge in [-0.1, -0.05) is 168 Å². The monoisotopic (exact) mass is 672 g/mol. The van der Waals surface area contributed by atoms with Crippen molar-refractivity contribution in [1.82, 2.24) is 5.32 Å². The third-order valence-corrected chi connectivity index (χ3v) is 9.13. The summed E-state index contributed by atoms with van der Waals surface area (Å²) in [5.74, 6) is -1.55. The van der Waals surface area contributed by atoms with Crippen molar-refractivity contribution >= 4 is 30.5 Å². The zero-order valence-electron chi connectivity index (χ0n) is 30.0. The minimum atomic E-state index is -1.02. The van der Waals surface area contributed by atoms with Gasteiger partial charge in [0.05, 0.1) is 0 Å². The molecule has 0 aromatic carbocycles. The Hall–Kier alpha value is -1.28. The van der Waals surface area contributed by atoms with Crippen LogP contribution in [0.5, 0.6) is 0 Å². The Morgan fingerprint density at radius 3 is 1.26 bits per heavy atom. The molecule has 0 saturated heterocycles. The number of unbranched alkanes of at least 4 members (excludes halogenated alkanes) is 24. The first-order valence-corrected chi connectivity index (χ1v) is 20.0. The lowest BCUT2D eigenvalue weighted by Gasteiger charge is -2.21. The Bertz CT molecular complexity index is 707. The second-order valence-corrected chi connectivity index (χ2v) is 13.6. The van der Waals surface area contributed by atoms with E-state index in [-0.39, 0.29) is 30.8 Å². The van der Waals surface area contributed by atoms with Crippen LogP contribution in [0.25, 0.3) is 0 Å². The standard InChI is InChI=1S/C38H73NO6S/c1-3-5-7-9-11-13-15-17-19-21-23-25-27-29-36(40)44-32-34(31-39-35(33-46)38(42)43)45-37(41)30-28-26-24-22-20-18-16-14-12-10-8-6-4-2/h34-35,39,46H,3-33H2,1-2H3,(H,42,43). The maximum Gasteiger partial charge on any atom is 0.321 e. The van der Waals surface area contributed by atoms with Gasteiger partial charge in [-0.3, -0.25) is 19.7 Å². The average Bonchev–Trinajstić information content (AvgIpc) is 3.04. The zero-order valence-corrected chi connectivity index (χ0v) is 30.9. The molecular weight excluding hydrogens is 598 g/mol. The molecular formula is C38H73NO6S. The molecule has 0 aromatic heterocycles. The summed E-state index contributed by atoms with van der Waals surface area (Å²) < 4.78 is 11.0. The van der Waals surface area contributed by atoms with Crippen LogP contribution in [0.2, 0.25) is 0 Å². The number of hydrogen-bond donors (Lipinski definition) is 3. The molecule has 0 aliphatic heterocycles. The smallest absolute Gasteiger partial charge is 0.321 e. The molecule has 46 heavy (non-hydrogen) atoms. The van der Waals surface area contributed by atoms with Crippen LogP contribution >= 0.6 is 12.6 Å². The van der Waals surface area contributed by atoms with Crippen LogP contribution in [0.1, 0.15) is 194 Å². The fraction of sp³-hybridized carbons (Fsp3) is 0.921. The largest absolute Gasteiger partial charge is 0.480 e. The summed E-state index contributed by atoms with van der Waals surface area (Å²) in [7, 11) is 0. The Morgan fingerprint density at radius 1 is 0.565 bits per heavy atom. The molecule has 0 fully saturated rings. The Labute approximate surface area is 288 Å². The first kappa shape index (κ1) is 44.7. The molecule has 0 amide bonds. The van der Waals surface area contributed by atoms with Crippen molar-refractivity contribution in [2.75, 3.05) is 18.9 Å². The second kappa shape index (κ2) is 35.0. The van der Waals surface area contributed by atoms with Gasteiger partial charge in [-0.25, -0.2) is 0 Å². The molecule has 0 heterocycles. The van der Waals surface area contributed by atoms with Crippen molar-refractivity contribution in [1.29, 1.82) is 0 Å². The minimum Gasteiger partial charge on any atom is -0.480 e. The maximum atomic E-state index is 12.5. The molecule has 0 bridgehead atoms. The van der Waals surface area contributed by atoms with Gasteiger partial charge in [0.25, 0.3) is 0 Å². The summed E-state index contributed by atoms with van der Waals surface area (Å²) in [4.78, 5) is 36.3. The van der Waals surface area contributed by atoms with Crippen molar-refractivity contribution < 1.29 is 29.0 Å². The average molecular weight is 672 g/mol. The highest BCUT2D eigenvalue weighted by molar-refractivity contribution is 7.80. The van der Waals surface area contributed by atoms with E-state index in [1.54, 1.807) is 0 Å². The van der Waals surface area contributed by atoms with Crippen LogP contribution in [0.15, 0.2) is 0 Å². The highest BCUT2D eigenvalue weighted by Gasteiger charge is 2.21. The third kappa shape index (κ3) is 31.3. The number of carboxylic acid groups (broad SMARTS) is 1. The van der Waals surface area contributed by atoms with E-state index < -0.39 is 18.1 Å². The maximum absolute atomic E-state index is 12.5. The van der Waals surface area contributed by atoms with E-state index in [1.165, 1.54) is 128 Å². The lowest BCUT2D eigenvalue weighted by atomic mass is 10.0. The lowest BCUT2D eigenvalue weighted by Crippen LogP contribution is -2.44. The summed E-state index contributed by atoms with van der Waals surface area (Å²) in [6.45, 7) is 4.52. The van der Waals surface area contributed by atoms with Crippen molar-refractivity contribution in [2.45, 2.75) is 206 Å². The molecule has 0 aromatic rings. The Balaban J connectivity index is 4.11. The number of hydrogen-bond acceptors (Lipinski definition) is 7. The number of esters is 2. The van der Waals surface area contributed by atoms with Gasteiger partial charge in [-0.05, 0) is 12.8 Å². The third-order valence-electron chi connectivity index (χ3n) is 8.77. The fourth-order valence-electron chi connectivity index (χ4n) is 5.72. The van der Waals surface area contributed by atoms with Gasteiger partial charge in [-0.15, -0.1) is 0 Å². The van der Waals surface area contributed by atoms with Crippen LogP contribution in [0.3, 0.4) is 0 Å². The predicted molar refractivity (Wildman–Crippen MR) is 195 cm³/mol. The molecule has 0 rings (SSSR count). The van der Waals surface area contributed by atoms with Crippen LogP contribution < -0.4 is 5.32 Å². The van der Waals surface area contributed by atoms with Crippen LogP contribution in [0, 0.1) is 0 Å². The molecule has 0 saturated carbocycles. The molecule has 7 nitrogen and oxygen atoms in total. The first-order valence-electron chi connectivity index (χ1n) is 19.4. The fourth-order valence-corrected chi connectivity index (χ4v) is 6.00. The summed E-state index contributed by atoms with van der Waals surface area (Å²) in [5.41, 5.74) is 0. The SMILES string of the molecule is CCCCCCCCCCCCCCCC(=O)OCC(CNC(CS)C(=O)O)OC(=O)CCCCCCCCCCCCCCC. The number of carbonyl (C=O) groups is 3. The molecule has 0 radical (unpaired) electrons. The van der Waals surface area contributed by atoms with Gasteiger partial charge in [-0.2, -0.15) is 12.6 Å². The molecule has 0 spiro atoms. The summed E-state index contributed by atoms with van der Waals surface area (Å²) in [6.07, 6.45) is 32.2. The van der Waals surface area contributed by atoms with E-state index in [2.05, 4.69) is 31.8 Å². The molecule has 2 atom stereocenters. The molecule has 0 aliphatic rings. The minimum absolute atomic E-state index is 0.0759. The Kier molecular flexibility index (Phi) is 34.1. The van der Waals surface area contributed by atoms with Crippen molar-refractivity contribution in [3.8, 4) is 0 Å². The molecule has 8 heteroatoms. The number of carboxylic acids is 1. The van der Waals surface area contributed by atoms with Gasteiger partial charge in [0.15, 0.2) is 0 Å². The van der Waals surface area contributed by atoms with Crippen LogP contribution in [0.4, 0.5) is 0 Å². The van der Waals surface area contributed by atoms with Crippen molar-refractivity contribution in [2.24, 2.45) is 0 Å². The highest BCUT2D eigenvalue weighted by Crippen LogP contribution is 2.15. The Morgan fingerprint density at radius 2 is 0.913 bits per heavy atom. The van der Waals surface area contributed by atoms with Gasteiger partial charge < -0.3 is 14.6 Å². The van der Waals surface area contributed by atoms with E-state index in [1.807, 2.05) is 0 Å². The topological polar surface area (TPSA) is 102 Å². The zero-order chi connectivity index (χ0) is 33.9. The molecule has 2 unspecified atom stereocenters. The number of thiol groups is 1. The first-order chi connectivity index (χ1) is 22.4. The van der Waals surface area contributed by atoms with E-state index in [4.69, 9.17) is 9.47 Å². The van der Waals surface area contributed by atoms with Gasteiger partial charge in [0, 0.05) is 25.1 Å². The second-order valence-electron chi connectivity index (χ2n) is 13.3. The number of aliphatic carboxylic acids is 1. The van der Waals surface area contributed by atoms with Gasteiger partial charge in [0.2, 0.25) is 0 Å². The number of nitrogens with one attached hydrogen (secondary N) is 1.